The third-order valence-corrected chi connectivity index (χ3v) is 4.65. The number of nitrogens with zero attached hydrogens (tertiary/aromatic N) is 2. The van der Waals surface area contributed by atoms with Crippen LogP contribution in [0.3, 0.4) is 0 Å². The summed E-state index contributed by atoms with van der Waals surface area (Å²) in [6, 6.07) is 13.8. The first kappa shape index (κ1) is 20.8. The Morgan fingerprint density at radius 2 is 1.89 bits per heavy atom. The lowest BCUT2D eigenvalue weighted by Crippen LogP contribution is -2.41. The van der Waals surface area contributed by atoms with Crippen LogP contribution in [0.15, 0.2) is 64.7 Å². The first-order valence-corrected chi connectivity index (χ1v) is 9.99. The van der Waals surface area contributed by atoms with Gasteiger partial charge in [-0.25, -0.2) is 0 Å². The first-order chi connectivity index (χ1) is 13.2. The number of hydrogen-bond donors (Lipinski definition) is 3. The topological polar surface area (TPSA) is 78.4 Å². The molecule has 0 saturated heterocycles. The highest BCUT2D eigenvalue weighted by molar-refractivity contribution is 8.00. The molecule has 1 aromatic heterocycles. The van der Waals surface area contributed by atoms with Gasteiger partial charge >= 0.3 is 0 Å². The average molecular weight is 386 g/mol. The average Bonchev–Trinajstić information content (AvgIpc) is 2.70. The minimum atomic E-state index is -0.125. The molecular weight excluding hydrogens is 358 g/mol. The second-order valence-corrected chi connectivity index (χ2v) is 7.40. The standard InChI is InChI=1S/C20H27N5OS/c1-3-22-20(25-14-16(2)27-18-9-5-4-6-10-18)24-13-12-23-19(26)17-8-7-11-21-15-17/h4-11,15-16H,3,12-14H2,1-2H3,(H,23,26)(H2,22,24,25). The van der Waals surface area contributed by atoms with Crippen molar-refractivity contribution in [1.82, 2.24) is 20.9 Å². The van der Waals surface area contributed by atoms with Crippen LogP contribution in [-0.2, 0) is 0 Å². The van der Waals surface area contributed by atoms with Gasteiger partial charge in [-0.05, 0) is 31.2 Å². The van der Waals surface area contributed by atoms with Crippen LogP contribution in [0, 0.1) is 0 Å². The Hall–Kier alpha value is -2.54. The summed E-state index contributed by atoms with van der Waals surface area (Å²) in [4.78, 5) is 21.8. The predicted octanol–water partition coefficient (Wildman–Crippen LogP) is 2.55. The number of benzene rings is 1. The lowest BCUT2D eigenvalue weighted by molar-refractivity contribution is 0.0954. The van der Waals surface area contributed by atoms with E-state index < -0.39 is 0 Å². The SMILES string of the molecule is CCNC(=NCC(C)Sc1ccccc1)NCCNC(=O)c1cccnc1. The predicted molar refractivity (Wildman–Crippen MR) is 112 cm³/mol. The highest BCUT2D eigenvalue weighted by atomic mass is 32.2. The van der Waals surface area contributed by atoms with Gasteiger partial charge in [0, 0.05) is 42.2 Å². The molecule has 2 rings (SSSR count). The molecule has 0 fully saturated rings. The molecule has 144 valence electrons. The van der Waals surface area contributed by atoms with Crippen LogP contribution in [0.5, 0.6) is 0 Å². The van der Waals surface area contributed by atoms with Crippen LogP contribution < -0.4 is 16.0 Å². The Morgan fingerprint density at radius 3 is 2.59 bits per heavy atom. The number of pyridine rings is 1. The number of aliphatic imine (C=N–C) groups is 1. The van der Waals surface area contributed by atoms with E-state index in [4.69, 9.17) is 0 Å². The molecule has 1 atom stereocenters. The molecule has 6 nitrogen and oxygen atoms in total. The van der Waals surface area contributed by atoms with Crippen LogP contribution in [0.4, 0.5) is 0 Å². The lowest BCUT2D eigenvalue weighted by atomic mass is 10.3. The molecule has 3 N–H and O–H groups in total. The number of aromatic nitrogens is 1. The molecule has 27 heavy (non-hydrogen) atoms. The number of guanidine groups is 1. The zero-order valence-corrected chi connectivity index (χ0v) is 16.6. The van der Waals surface area contributed by atoms with Crippen molar-refractivity contribution in [2.24, 2.45) is 4.99 Å². The zero-order valence-electron chi connectivity index (χ0n) is 15.8. The number of thioether (sulfide) groups is 1. The minimum Gasteiger partial charge on any atom is -0.357 e. The molecule has 7 heteroatoms. The molecule has 0 spiro atoms. The van der Waals surface area contributed by atoms with Crippen molar-refractivity contribution in [1.29, 1.82) is 0 Å². The van der Waals surface area contributed by atoms with Gasteiger partial charge in [0.25, 0.3) is 5.91 Å². The van der Waals surface area contributed by atoms with Gasteiger partial charge < -0.3 is 16.0 Å². The highest BCUT2D eigenvalue weighted by Crippen LogP contribution is 2.22. The zero-order chi connectivity index (χ0) is 19.3. The van der Waals surface area contributed by atoms with Gasteiger partial charge in [0.05, 0.1) is 12.1 Å². The van der Waals surface area contributed by atoms with E-state index in [9.17, 15) is 4.79 Å². The largest absolute Gasteiger partial charge is 0.357 e. The number of carbonyl (C=O) groups excluding carboxylic acids is 1. The monoisotopic (exact) mass is 385 g/mol. The van der Waals surface area contributed by atoms with E-state index >= 15 is 0 Å². The summed E-state index contributed by atoms with van der Waals surface area (Å²) in [5.74, 6) is 0.633. The van der Waals surface area contributed by atoms with E-state index in [1.165, 1.54) is 4.90 Å². The Labute approximate surface area is 165 Å². The van der Waals surface area contributed by atoms with Crippen LogP contribution in [0.25, 0.3) is 0 Å². The molecule has 1 unspecified atom stereocenters. The van der Waals surface area contributed by atoms with Gasteiger partial charge in [-0.3, -0.25) is 14.8 Å². The second kappa shape index (κ2) is 12.0. The van der Waals surface area contributed by atoms with E-state index in [0.29, 0.717) is 30.4 Å². The lowest BCUT2D eigenvalue weighted by Gasteiger charge is -2.14. The summed E-state index contributed by atoms with van der Waals surface area (Å²) in [6.07, 6.45) is 3.20. The number of carbonyl (C=O) groups is 1. The van der Waals surface area contributed by atoms with E-state index in [-0.39, 0.29) is 5.91 Å². The van der Waals surface area contributed by atoms with Gasteiger partial charge in [0.15, 0.2) is 5.96 Å². The molecule has 1 amide bonds. The smallest absolute Gasteiger partial charge is 0.252 e. The Morgan fingerprint density at radius 1 is 1.11 bits per heavy atom. The summed E-state index contributed by atoms with van der Waals surface area (Å²) in [5.41, 5.74) is 0.560. The summed E-state index contributed by atoms with van der Waals surface area (Å²) in [6.45, 7) is 6.79. The molecule has 0 aliphatic rings. The van der Waals surface area contributed by atoms with Gasteiger partial charge in [-0.2, -0.15) is 0 Å². The van der Waals surface area contributed by atoms with Crippen molar-refractivity contribution < 1.29 is 4.79 Å². The van der Waals surface area contributed by atoms with Crippen LogP contribution in [0.1, 0.15) is 24.2 Å². The van der Waals surface area contributed by atoms with Crippen molar-refractivity contribution in [3.63, 3.8) is 0 Å². The molecule has 0 aliphatic carbocycles. The fourth-order valence-corrected chi connectivity index (χ4v) is 3.21. The molecule has 0 aliphatic heterocycles. The van der Waals surface area contributed by atoms with Gasteiger partial charge in [-0.15, -0.1) is 11.8 Å². The van der Waals surface area contributed by atoms with E-state index in [1.54, 1.807) is 24.5 Å². The third-order valence-electron chi connectivity index (χ3n) is 3.56. The molecule has 1 aromatic carbocycles. The van der Waals surface area contributed by atoms with E-state index in [0.717, 1.165) is 12.5 Å². The summed E-state index contributed by atoms with van der Waals surface area (Å²) < 4.78 is 0. The highest BCUT2D eigenvalue weighted by Gasteiger charge is 2.06. The fraction of sp³-hybridized carbons (Fsp3) is 0.350. The van der Waals surface area contributed by atoms with Gasteiger partial charge in [0.1, 0.15) is 0 Å². The van der Waals surface area contributed by atoms with Gasteiger partial charge in [0.2, 0.25) is 0 Å². The normalized spacial score (nSPS) is 12.3. The Bertz CT molecular complexity index is 709. The fourth-order valence-electron chi connectivity index (χ4n) is 2.29. The Balaban J connectivity index is 1.73. The van der Waals surface area contributed by atoms with E-state index in [2.05, 4.69) is 45.0 Å². The molecule has 1 heterocycles. The van der Waals surface area contributed by atoms with Crippen molar-refractivity contribution in [2.75, 3.05) is 26.2 Å². The number of amides is 1. The summed E-state index contributed by atoms with van der Waals surface area (Å²) >= 11 is 1.81. The summed E-state index contributed by atoms with van der Waals surface area (Å²) in [7, 11) is 0. The van der Waals surface area contributed by atoms with E-state index in [1.807, 2.05) is 36.9 Å². The number of rotatable bonds is 9. The van der Waals surface area contributed by atoms with Gasteiger partial charge in [-0.1, -0.05) is 25.1 Å². The number of hydrogen-bond acceptors (Lipinski definition) is 4. The first-order valence-electron chi connectivity index (χ1n) is 9.11. The van der Waals surface area contributed by atoms with Crippen molar-refractivity contribution in [3.05, 3.63) is 60.4 Å². The summed E-state index contributed by atoms with van der Waals surface area (Å²) in [5, 5.41) is 9.71. The molecular formula is C20H27N5OS. The minimum absolute atomic E-state index is 0.125. The molecule has 0 radical (unpaired) electrons. The maximum absolute atomic E-state index is 12.0. The molecule has 0 saturated carbocycles. The molecule has 2 aromatic rings. The molecule has 0 bridgehead atoms. The maximum Gasteiger partial charge on any atom is 0.252 e. The van der Waals surface area contributed by atoms with Crippen LogP contribution in [-0.4, -0.2) is 48.3 Å². The quantitative estimate of drug-likeness (QED) is 0.268. The van der Waals surface area contributed by atoms with Crippen LogP contribution in [0.2, 0.25) is 0 Å². The second-order valence-electron chi connectivity index (χ2n) is 5.89. The Kier molecular flexibility index (Phi) is 9.20. The van der Waals surface area contributed by atoms with Crippen molar-refractivity contribution >= 4 is 23.6 Å². The van der Waals surface area contributed by atoms with Crippen molar-refractivity contribution in [3.8, 4) is 0 Å². The van der Waals surface area contributed by atoms with Crippen LogP contribution >= 0.6 is 11.8 Å². The number of nitrogens with one attached hydrogen (secondary N) is 3. The third kappa shape index (κ3) is 8.13. The maximum atomic E-state index is 12.0. The van der Waals surface area contributed by atoms with Crippen molar-refractivity contribution in [2.45, 2.75) is 24.0 Å².